The number of hydrogen-bond acceptors (Lipinski definition) is 4. The summed E-state index contributed by atoms with van der Waals surface area (Å²) in [6.07, 6.45) is 7.60. The van der Waals surface area contributed by atoms with Crippen molar-refractivity contribution in [3.05, 3.63) is 0 Å². The van der Waals surface area contributed by atoms with E-state index in [1.165, 1.54) is 12.8 Å². The Morgan fingerprint density at radius 3 is 2.50 bits per heavy atom. The first-order valence-electron chi connectivity index (χ1n) is 9.03. The van der Waals surface area contributed by atoms with E-state index < -0.39 is 0 Å². The van der Waals surface area contributed by atoms with E-state index in [0.29, 0.717) is 19.8 Å². The highest BCUT2D eigenvalue weighted by molar-refractivity contribution is 5.78. The third-order valence-electron chi connectivity index (χ3n) is 5.60. The summed E-state index contributed by atoms with van der Waals surface area (Å²) in [7, 11) is 0. The molecule has 2 heterocycles. The lowest BCUT2D eigenvalue weighted by Crippen LogP contribution is -2.54. The Hall–Kier alpha value is -0.650. The third kappa shape index (κ3) is 3.81. The molecule has 0 aromatic carbocycles. The molecule has 22 heavy (non-hydrogen) atoms. The second-order valence-electron chi connectivity index (χ2n) is 7.07. The molecule has 0 unspecified atom stereocenters. The zero-order valence-electron chi connectivity index (χ0n) is 13.6. The van der Waals surface area contributed by atoms with Crippen LogP contribution in [0.2, 0.25) is 0 Å². The molecule has 126 valence electrons. The van der Waals surface area contributed by atoms with Gasteiger partial charge in [-0.3, -0.25) is 9.69 Å². The largest absolute Gasteiger partial charge is 0.393 e. The maximum absolute atomic E-state index is 12.6. The topological polar surface area (TPSA) is 53.0 Å². The molecule has 1 saturated carbocycles. The number of likely N-dealkylation sites (tertiary alicyclic amines) is 1. The standard InChI is InChI=1S/C17H30N2O3/c20-16-7-5-6-14(16)15-13-22-11-10-19(15)12-17(21)18-8-3-1-2-4-9-18/h14-16,20H,1-13H2/t14-,15-,16-/m1/s1. The van der Waals surface area contributed by atoms with Crippen LogP contribution in [0.5, 0.6) is 0 Å². The predicted molar refractivity (Wildman–Crippen MR) is 84.6 cm³/mol. The van der Waals surface area contributed by atoms with Crippen LogP contribution in [0, 0.1) is 5.92 Å². The van der Waals surface area contributed by atoms with Crippen LogP contribution < -0.4 is 0 Å². The number of morpholine rings is 1. The Bertz CT molecular complexity index is 369. The van der Waals surface area contributed by atoms with E-state index in [9.17, 15) is 9.90 Å². The fraction of sp³-hybridized carbons (Fsp3) is 0.941. The molecule has 1 N–H and O–H groups in total. The monoisotopic (exact) mass is 310 g/mol. The van der Waals surface area contributed by atoms with Crippen molar-refractivity contribution in [2.24, 2.45) is 5.92 Å². The highest BCUT2D eigenvalue weighted by Crippen LogP contribution is 2.32. The van der Waals surface area contributed by atoms with Gasteiger partial charge in [0.2, 0.25) is 5.91 Å². The first-order chi connectivity index (χ1) is 10.8. The maximum Gasteiger partial charge on any atom is 0.236 e. The van der Waals surface area contributed by atoms with Crippen molar-refractivity contribution in [1.29, 1.82) is 0 Å². The number of amides is 1. The van der Waals surface area contributed by atoms with Crippen molar-refractivity contribution < 1.29 is 14.6 Å². The van der Waals surface area contributed by atoms with Gasteiger partial charge in [-0.1, -0.05) is 19.3 Å². The van der Waals surface area contributed by atoms with Crippen LogP contribution in [0.3, 0.4) is 0 Å². The summed E-state index contributed by atoms with van der Waals surface area (Å²) in [5, 5.41) is 10.2. The van der Waals surface area contributed by atoms with Gasteiger partial charge in [0.15, 0.2) is 0 Å². The van der Waals surface area contributed by atoms with E-state index >= 15 is 0 Å². The van der Waals surface area contributed by atoms with E-state index in [0.717, 1.165) is 51.7 Å². The van der Waals surface area contributed by atoms with Crippen molar-refractivity contribution >= 4 is 5.91 Å². The van der Waals surface area contributed by atoms with Crippen LogP contribution in [0.15, 0.2) is 0 Å². The normalized spacial score (nSPS) is 34.6. The summed E-state index contributed by atoms with van der Waals surface area (Å²) >= 11 is 0. The van der Waals surface area contributed by atoms with Crippen molar-refractivity contribution in [2.45, 2.75) is 57.1 Å². The Kier molecular flexibility index (Phi) is 5.71. The van der Waals surface area contributed by atoms with Gasteiger partial charge >= 0.3 is 0 Å². The summed E-state index contributed by atoms with van der Waals surface area (Å²) in [4.78, 5) is 17.0. The molecule has 3 fully saturated rings. The molecule has 3 aliphatic rings. The van der Waals surface area contributed by atoms with E-state index in [1.807, 2.05) is 4.90 Å². The lowest BCUT2D eigenvalue weighted by Gasteiger charge is -2.40. The van der Waals surface area contributed by atoms with E-state index in [1.54, 1.807) is 0 Å². The Balaban J connectivity index is 1.59. The van der Waals surface area contributed by atoms with Gasteiger partial charge in [-0.05, 0) is 25.7 Å². The number of carbonyl (C=O) groups excluding carboxylic acids is 1. The van der Waals surface area contributed by atoms with Gasteiger partial charge in [0.05, 0.1) is 25.9 Å². The Morgan fingerprint density at radius 1 is 1.05 bits per heavy atom. The quantitative estimate of drug-likeness (QED) is 0.852. The highest BCUT2D eigenvalue weighted by atomic mass is 16.5. The third-order valence-corrected chi connectivity index (χ3v) is 5.60. The van der Waals surface area contributed by atoms with Crippen LogP contribution >= 0.6 is 0 Å². The lowest BCUT2D eigenvalue weighted by molar-refractivity contribution is -0.136. The molecule has 2 aliphatic heterocycles. The number of aliphatic hydroxyl groups is 1. The highest BCUT2D eigenvalue weighted by Gasteiger charge is 2.38. The molecule has 3 rings (SSSR count). The molecular weight excluding hydrogens is 280 g/mol. The minimum absolute atomic E-state index is 0.210. The second-order valence-corrected chi connectivity index (χ2v) is 7.07. The molecule has 0 aromatic heterocycles. The molecule has 3 atom stereocenters. The summed E-state index contributed by atoms with van der Waals surface area (Å²) in [6, 6.07) is 0.210. The SMILES string of the molecule is O=C(CN1CCOC[C@@H]1[C@H]1CCC[C@H]1O)N1CCCCCC1. The number of hydrogen-bond donors (Lipinski definition) is 1. The molecule has 0 bridgehead atoms. The van der Waals surface area contributed by atoms with Gasteiger partial charge in [-0.25, -0.2) is 0 Å². The molecule has 0 radical (unpaired) electrons. The van der Waals surface area contributed by atoms with Crippen LogP contribution in [-0.2, 0) is 9.53 Å². The second kappa shape index (κ2) is 7.75. The van der Waals surface area contributed by atoms with Gasteiger partial charge in [0, 0.05) is 31.6 Å². The molecule has 1 amide bonds. The average Bonchev–Trinajstić information content (AvgIpc) is 2.78. The van der Waals surface area contributed by atoms with Gasteiger partial charge < -0.3 is 14.7 Å². The molecule has 5 nitrogen and oxygen atoms in total. The number of aliphatic hydroxyl groups excluding tert-OH is 1. The number of carbonyl (C=O) groups is 1. The zero-order valence-corrected chi connectivity index (χ0v) is 13.6. The average molecular weight is 310 g/mol. The Labute approximate surface area is 133 Å². The Morgan fingerprint density at radius 2 is 1.82 bits per heavy atom. The fourth-order valence-corrected chi connectivity index (χ4v) is 4.26. The summed E-state index contributed by atoms with van der Waals surface area (Å²) in [5.74, 6) is 0.540. The van der Waals surface area contributed by atoms with Crippen LogP contribution in [0.1, 0.15) is 44.9 Å². The minimum atomic E-state index is -0.220. The molecule has 5 heteroatoms. The maximum atomic E-state index is 12.6. The molecule has 0 spiro atoms. The van der Waals surface area contributed by atoms with Crippen molar-refractivity contribution in [1.82, 2.24) is 9.80 Å². The van der Waals surface area contributed by atoms with Gasteiger partial charge in [-0.15, -0.1) is 0 Å². The number of ether oxygens (including phenoxy) is 1. The van der Waals surface area contributed by atoms with Crippen molar-refractivity contribution in [2.75, 3.05) is 39.4 Å². The number of rotatable bonds is 3. The van der Waals surface area contributed by atoms with Crippen LogP contribution in [0.4, 0.5) is 0 Å². The van der Waals surface area contributed by atoms with Crippen LogP contribution in [0.25, 0.3) is 0 Å². The van der Waals surface area contributed by atoms with E-state index in [-0.39, 0.29) is 24.0 Å². The first kappa shape index (κ1) is 16.2. The summed E-state index contributed by atoms with van der Waals surface area (Å²) in [6.45, 7) is 4.51. The fourth-order valence-electron chi connectivity index (χ4n) is 4.26. The molecule has 0 aromatic rings. The molecular formula is C17H30N2O3. The summed E-state index contributed by atoms with van der Waals surface area (Å²) < 4.78 is 5.64. The zero-order chi connectivity index (χ0) is 15.4. The van der Waals surface area contributed by atoms with Crippen molar-refractivity contribution in [3.63, 3.8) is 0 Å². The van der Waals surface area contributed by atoms with Gasteiger partial charge in [0.1, 0.15) is 0 Å². The lowest BCUT2D eigenvalue weighted by atomic mass is 9.94. The van der Waals surface area contributed by atoms with Crippen LogP contribution in [-0.4, -0.2) is 72.4 Å². The summed E-state index contributed by atoms with van der Waals surface area (Å²) in [5.41, 5.74) is 0. The number of nitrogens with zero attached hydrogens (tertiary/aromatic N) is 2. The predicted octanol–water partition coefficient (Wildman–Crippen LogP) is 1.25. The smallest absolute Gasteiger partial charge is 0.236 e. The van der Waals surface area contributed by atoms with Gasteiger partial charge in [-0.2, -0.15) is 0 Å². The van der Waals surface area contributed by atoms with E-state index in [4.69, 9.17) is 4.74 Å². The molecule has 2 saturated heterocycles. The van der Waals surface area contributed by atoms with Crippen molar-refractivity contribution in [3.8, 4) is 0 Å². The van der Waals surface area contributed by atoms with E-state index in [2.05, 4.69) is 4.90 Å². The minimum Gasteiger partial charge on any atom is -0.393 e. The van der Waals surface area contributed by atoms with Gasteiger partial charge in [0.25, 0.3) is 0 Å². The molecule has 1 aliphatic carbocycles. The first-order valence-corrected chi connectivity index (χ1v) is 9.03.